The zero-order valence-corrected chi connectivity index (χ0v) is 14.7. The topological polar surface area (TPSA) is 21.3 Å². The van der Waals surface area contributed by atoms with Crippen molar-refractivity contribution in [1.29, 1.82) is 0 Å². The molecule has 2 heteroatoms. The summed E-state index contributed by atoms with van der Waals surface area (Å²) in [6, 6.07) is 9.41. The van der Waals surface area contributed by atoms with Gasteiger partial charge in [-0.15, -0.1) is 0 Å². The molecule has 1 N–H and O–H groups in total. The molecule has 2 nitrogen and oxygen atoms in total. The summed E-state index contributed by atoms with van der Waals surface area (Å²) >= 11 is 0. The van der Waals surface area contributed by atoms with Crippen molar-refractivity contribution in [2.24, 2.45) is 5.92 Å². The normalized spacial score (nSPS) is 25.2. The van der Waals surface area contributed by atoms with Gasteiger partial charge in [-0.1, -0.05) is 38.1 Å². The molecule has 1 fully saturated rings. The van der Waals surface area contributed by atoms with Crippen LogP contribution in [-0.2, 0) is 4.74 Å². The minimum Gasteiger partial charge on any atom is -0.369 e. The molecule has 2 unspecified atom stereocenters. The Morgan fingerprint density at radius 3 is 1.95 bits per heavy atom. The third-order valence-electron chi connectivity index (χ3n) is 4.82. The molecule has 0 saturated carbocycles. The SMILES string of the molecule is CNC(c1ccc(C(C)C)cc1)C1CC(C)(C)OC1(C)C. The molecule has 1 aromatic rings. The van der Waals surface area contributed by atoms with Crippen molar-refractivity contribution in [2.75, 3.05) is 7.05 Å². The van der Waals surface area contributed by atoms with Crippen molar-refractivity contribution in [3.8, 4) is 0 Å². The summed E-state index contributed by atoms with van der Waals surface area (Å²) in [6.45, 7) is 13.3. The molecular formula is C19H31NO. The van der Waals surface area contributed by atoms with Crippen molar-refractivity contribution in [2.45, 2.75) is 71.1 Å². The lowest BCUT2D eigenvalue weighted by molar-refractivity contribution is -0.0776. The van der Waals surface area contributed by atoms with Crippen LogP contribution in [0.2, 0.25) is 0 Å². The van der Waals surface area contributed by atoms with Crippen molar-refractivity contribution in [3.05, 3.63) is 35.4 Å². The van der Waals surface area contributed by atoms with E-state index in [0.29, 0.717) is 17.9 Å². The second-order valence-corrected chi connectivity index (χ2v) is 7.86. The minimum absolute atomic E-state index is 0.0405. The second-order valence-electron chi connectivity index (χ2n) is 7.86. The molecule has 0 radical (unpaired) electrons. The lowest BCUT2D eigenvalue weighted by Gasteiger charge is -2.33. The maximum atomic E-state index is 6.27. The van der Waals surface area contributed by atoms with E-state index in [0.717, 1.165) is 6.42 Å². The van der Waals surface area contributed by atoms with Gasteiger partial charge < -0.3 is 10.1 Å². The molecule has 0 spiro atoms. The van der Waals surface area contributed by atoms with Gasteiger partial charge in [0.15, 0.2) is 0 Å². The third kappa shape index (κ3) is 3.49. The number of ether oxygens (including phenoxy) is 1. The number of hydrogen-bond donors (Lipinski definition) is 1. The van der Waals surface area contributed by atoms with E-state index >= 15 is 0 Å². The van der Waals surface area contributed by atoms with Crippen LogP contribution in [-0.4, -0.2) is 18.2 Å². The number of nitrogens with one attached hydrogen (secondary N) is 1. The smallest absolute Gasteiger partial charge is 0.0681 e. The average Bonchev–Trinajstić information content (AvgIpc) is 2.59. The zero-order chi connectivity index (χ0) is 15.8. The van der Waals surface area contributed by atoms with Gasteiger partial charge in [0.2, 0.25) is 0 Å². The van der Waals surface area contributed by atoms with E-state index in [2.05, 4.69) is 78.2 Å². The average molecular weight is 289 g/mol. The fourth-order valence-corrected chi connectivity index (χ4v) is 3.81. The van der Waals surface area contributed by atoms with E-state index in [1.165, 1.54) is 11.1 Å². The summed E-state index contributed by atoms with van der Waals surface area (Å²) in [5.41, 5.74) is 2.62. The summed E-state index contributed by atoms with van der Waals surface area (Å²) in [7, 11) is 2.06. The summed E-state index contributed by atoms with van der Waals surface area (Å²) in [4.78, 5) is 0. The van der Waals surface area contributed by atoms with Crippen LogP contribution in [0.4, 0.5) is 0 Å². The van der Waals surface area contributed by atoms with Crippen LogP contribution >= 0.6 is 0 Å². The molecule has 0 aliphatic carbocycles. The van der Waals surface area contributed by atoms with E-state index in [-0.39, 0.29) is 11.2 Å². The van der Waals surface area contributed by atoms with Gasteiger partial charge in [-0.2, -0.15) is 0 Å². The molecule has 0 amide bonds. The summed E-state index contributed by atoms with van der Waals surface area (Å²) in [5.74, 6) is 1.06. The van der Waals surface area contributed by atoms with Crippen LogP contribution in [0.15, 0.2) is 24.3 Å². The second kappa shape index (κ2) is 5.73. The third-order valence-corrected chi connectivity index (χ3v) is 4.82. The number of benzene rings is 1. The Hall–Kier alpha value is -0.860. The van der Waals surface area contributed by atoms with E-state index in [1.807, 2.05) is 0 Å². The van der Waals surface area contributed by atoms with Gasteiger partial charge in [0, 0.05) is 12.0 Å². The molecular weight excluding hydrogens is 258 g/mol. The molecule has 1 aliphatic heterocycles. The lowest BCUT2D eigenvalue weighted by Crippen LogP contribution is -2.37. The van der Waals surface area contributed by atoms with Crippen LogP contribution in [0.3, 0.4) is 0 Å². The van der Waals surface area contributed by atoms with Crippen LogP contribution in [0.1, 0.15) is 71.0 Å². The molecule has 1 aliphatic rings. The van der Waals surface area contributed by atoms with Gasteiger partial charge in [-0.05, 0) is 58.2 Å². The highest BCUT2D eigenvalue weighted by molar-refractivity contribution is 5.28. The Bertz CT molecular complexity index is 473. The summed E-state index contributed by atoms with van der Waals surface area (Å²) in [5, 5.41) is 3.52. The molecule has 1 saturated heterocycles. The fourth-order valence-electron chi connectivity index (χ4n) is 3.81. The predicted octanol–water partition coefficient (Wildman–Crippen LogP) is 4.66. The lowest BCUT2D eigenvalue weighted by atomic mass is 9.78. The number of hydrogen-bond acceptors (Lipinski definition) is 2. The Morgan fingerprint density at radius 2 is 1.57 bits per heavy atom. The largest absolute Gasteiger partial charge is 0.369 e. The molecule has 2 rings (SSSR count). The Kier molecular flexibility index (Phi) is 4.51. The van der Waals surface area contributed by atoms with Crippen molar-refractivity contribution in [1.82, 2.24) is 5.32 Å². The number of rotatable bonds is 4. The first kappa shape index (κ1) is 16.5. The quantitative estimate of drug-likeness (QED) is 0.870. The van der Waals surface area contributed by atoms with Crippen LogP contribution < -0.4 is 5.32 Å². The maximum Gasteiger partial charge on any atom is 0.0681 e. The van der Waals surface area contributed by atoms with Crippen molar-refractivity contribution < 1.29 is 4.74 Å². The summed E-state index contributed by atoms with van der Waals surface area (Å²) < 4.78 is 6.27. The fraction of sp³-hybridized carbons (Fsp3) is 0.684. The van der Waals surface area contributed by atoms with Crippen molar-refractivity contribution in [3.63, 3.8) is 0 Å². The molecule has 0 bridgehead atoms. The predicted molar refractivity (Wildman–Crippen MR) is 89.7 cm³/mol. The molecule has 21 heavy (non-hydrogen) atoms. The van der Waals surface area contributed by atoms with Gasteiger partial charge >= 0.3 is 0 Å². The highest BCUT2D eigenvalue weighted by atomic mass is 16.5. The first-order valence-electron chi connectivity index (χ1n) is 8.13. The van der Waals surface area contributed by atoms with Crippen LogP contribution in [0.5, 0.6) is 0 Å². The highest BCUT2D eigenvalue weighted by Gasteiger charge is 2.48. The highest BCUT2D eigenvalue weighted by Crippen LogP contribution is 2.47. The Morgan fingerprint density at radius 1 is 1.05 bits per heavy atom. The standard InChI is InChI=1S/C19H31NO/c1-13(2)14-8-10-15(11-9-14)17(20-7)16-12-18(3,4)21-19(16,5)6/h8-11,13,16-17,20H,12H2,1-7H3. The monoisotopic (exact) mass is 289 g/mol. The van der Waals surface area contributed by atoms with Gasteiger partial charge in [0.25, 0.3) is 0 Å². The van der Waals surface area contributed by atoms with Gasteiger partial charge in [-0.3, -0.25) is 0 Å². The first-order chi connectivity index (χ1) is 9.66. The Labute approximate surface area is 130 Å². The van der Waals surface area contributed by atoms with Gasteiger partial charge in [-0.25, -0.2) is 0 Å². The molecule has 2 atom stereocenters. The first-order valence-corrected chi connectivity index (χ1v) is 8.13. The van der Waals surface area contributed by atoms with E-state index in [1.54, 1.807) is 0 Å². The van der Waals surface area contributed by atoms with Gasteiger partial charge in [0.05, 0.1) is 11.2 Å². The van der Waals surface area contributed by atoms with E-state index in [9.17, 15) is 0 Å². The van der Waals surface area contributed by atoms with Crippen LogP contribution in [0, 0.1) is 5.92 Å². The molecule has 1 aromatic carbocycles. The van der Waals surface area contributed by atoms with Crippen LogP contribution in [0.25, 0.3) is 0 Å². The molecule has 1 heterocycles. The van der Waals surface area contributed by atoms with Crippen molar-refractivity contribution >= 4 is 0 Å². The Balaban J connectivity index is 2.27. The minimum atomic E-state index is -0.103. The van der Waals surface area contributed by atoms with E-state index < -0.39 is 0 Å². The molecule has 0 aromatic heterocycles. The molecule has 118 valence electrons. The maximum absolute atomic E-state index is 6.27. The zero-order valence-electron chi connectivity index (χ0n) is 14.7. The summed E-state index contributed by atoms with van der Waals surface area (Å²) in [6.07, 6.45) is 1.08. The van der Waals surface area contributed by atoms with E-state index in [4.69, 9.17) is 4.74 Å². The van der Waals surface area contributed by atoms with Gasteiger partial charge in [0.1, 0.15) is 0 Å².